The van der Waals surface area contributed by atoms with Gasteiger partial charge in [0.05, 0.1) is 11.3 Å². The first kappa shape index (κ1) is 14.0. The number of allylic oxidation sites excluding steroid dienone is 1. The Morgan fingerprint density at radius 3 is 2.61 bits per heavy atom. The number of anilines is 1. The molecule has 1 amide bonds. The van der Waals surface area contributed by atoms with Crippen molar-refractivity contribution in [1.29, 1.82) is 0 Å². The van der Waals surface area contributed by atoms with Crippen LogP contribution in [0.4, 0.5) is 5.69 Å². The summed E-state index contributed by atoms with van der Waals surface area (Å²) < 4.78 is 0. The molecule has 1 aromatic carbocycles. The molecule has 1 rings (SSSR count). The van der Waals surface area contributed by atoms with E-state index in [9.17, 15) is 9.59 Å². The standard InChI is InChI=1S/C14H17NO3/c1-4-6-10(3)13(16)15-11-8-5-7-9(2)12(11)14(17)18/h5-8H,4H2,1-3H3,(H,15,16)(H,17,18). The summed E-state index contributed by atoms with van der Waals surface area (Å²) in [6, 6.07) is 5.01. The number of amides is 1. The molecule has 0 aliphatic heterocycles. The monoisotopic (exact) mass is 247 g/mol. The molecule has 0 spiro atoms. The van der Waals surface area contributed by atoms with Gasteiger partial charge in [-0.25, -0.2) is 4.79 Å². The highest BCUT2D eigenvalue weighted by molar-refractivity contribution is 6.07. The Morgan fingerprint density at radius 1 is 1.39 bits per heavy atom. The Bertz CT molecular complexity index is 504. The van der Waals surface area contributed by atoms with Crippen LogP contribution in [0.2, 0.25) is 0 Å². The average Bonchev–Trinajstić information content (AvgIpc) is 2.28. The average molecular weight is 247 g/mol. The van der Waals surface area contributed by atoms with E-state index in [1.165, 1.54) is 0 Å². The van der Waals surface area contributed by atoms with Crippen LogP contribution in [0.5, 0.6) is 0 Å². The fourth-order valence-electron chi connectivity index (χ4n) is 1.68. The van der Waals surface area contributed by atoms with Gasteiger partial charge in [-0.1, -0.05) is 25.1 Å². The van der Waals surface area contributed by atoms with Crippen LogP contribution < -0.4 is 5.32 Å². The minimum Gasteiger partial charge on any atom is -0.478 e. The van der Waals surface area contributed by atoms with Gasteiger partial charge in [-0.3, -0.25) is 4.79 Å². The Kier molecular flexibility index (Phi) is 4.66. The minimum absolute atomic E-state index is 0.134. The molecule has 4 heteroatoms. The molecule has 0 saturated carbocycles. The van der Waals surface area contributed by atoms with Crippen molar-refractivity contribution in [2.24, 2.45) is 0 Å². The highest BCUT2D eigenvalue weighted by Crippen LogP contribution is 2.20. The number of carboxylic acid groups (broad SMARTS) is 1. The van der Waals surface area contributed by atoms with E-state index < -0.39 is 5.97 Å². The minimum atomic E-state index is -1.04. The smallest absolute Gasteiger partial charge is 0.338 e. The van der Waals surface area contributed by atoms with Gasteiger partial charge in [0.15, 0.2) is 0 Å². The molecule has 1 aromatic rings. The van der Waals surface area contributed by atoms with Gasteiger partial charge in [-0.05, 0) is 31.9 Å². The van der Waals surface area contributed by atoms with Crippen molar-refractivity contribution in [1.82, 2.24) is 0 Å². The summed E-state index contributed by atoms with van der Waals surface area (Å²) in [6.45, 7) is 5.34. The molecule has 0 radical (unpaired) electrons. The first-order valence-corrected chi connectivity index (χ1v) is 5.78. The van der Waals surface area contributed by atoms with Crippen molar-refractivity contribution < 1.29 is 14.7 Å². The van der Waals surface area contributed by atoms with Gasteiger partial charge in [0.1, 0.15) is 0 Å². The van der Waals surface area contributed by atoms with E-state index in [1.54, 1.807) is 38.1 Å². The number of rotatable bonds is 4. The second-order valence-corrected chi connectivity index (χ2v) is 4.05. The summed E-state index contributed by atoms with van der Waals surface area (Å²) >= 11 is 0. The van der Waals surface area contributed by atoms with Crippen molar-refractivity contribution in [3.63, 3.8) is 0 Å². The molecule has 0 bridgehead atoms. The van der Waals surface area contributed by atoms with Crippen LogP contribution in [0, 0.1) is 6.92 Å². The zero-order valence-electron chi connectivity index (χ0n) is 10.8. The van der Waals surface area contributed by atoms with Crippen LogP contribution >= 0.6 is 0 Å². The number of aryl methyl sites for hydroxylation is 1. The molecule has 0 aliphatic carbocycles. The normalized spacial score (nSPS) is 11.2. The zero-order valence-corrected chi connectivity index (χ0v) is 10.8. The zero-order chi connectivity index (χ0) is 13.7. The number of benzene rings is 1. The van der Waals surface area contributed by atoms with Gasteiger partial charge in [-0.2, -0.15) is 0 Å². The van der Waals surface area contributed by atoms with Gasteiger partial charge in [0.2, 0.25) is 0 Å². The lowest BCUT2D eigenvalue weighted by molar-refractivity contribution is -0.112. The Morgan fingerprint density at radius 2 is 2.06 bits per heavy atom. The van der Waals surface area contributed by atoms with E-state index in [0.29, 0.717) is 16.8 Å². The fourth-order valence-corrected chi connectivity index (χ4v) is 1.68. The Hall–Kier alpha value is -2.10. The van der Waals surface area contributed by atoms with Crippen molar-refractivity contribution in [3.05, 3.63) is 41.0 Å². The van der Waals surface area contributed by atoms with E-state index in [0.717, 1.165) is 6.42 Å². The number of aromatic carboxylic acids is 1. The lowest BCUT2D eigenvalue weighted by atomic mass is 10.1. The third-order valence-electron chi connectivity index (χ3n) is 2.60. The maximum absolute atomic E-state index is 11.8. The van der Waals surface area contributed by atoms with Gasteiger partial charge >= 0.3 is 5.97 Å². The summed E-state index contributed by atoms with van der Waals surface area (Å²) in [5, 5.41) is 11.8. The van der Waals surface area contributed by atoms with Crippen LogP contribution in [0.15, 0.2) is 29.8 Å². The maximum Gasteiger partial charge on any atom is 0.338 e. The van der Waals surface area contributed by atoms with Crippen molar-refractivity contribution in [2.75, 3.05) is 5.32 Å². The second kappa shape index (κ2) is 6.00. The summed E-state index contributed by atoms with van der Waals surface area (Å²) in [7, 11) is 0. The molecule has 0 unspecified atom stereocenters. The Balaban J connectivity index is 3.05. The predicted molar refractivity (Wildman–Crippen MR) is 70.8 cm³/mol. The molecule has 0 fully saturated rings. The van der Waals surface area contributed by atoms with E-state index in [1.807, 2.05) is 6.92 Å². The molecular formula is C14H17NO3. The van der Waals surface area contributed by atoms with Crippen LogP contribution in [0.1, 0.15) is 36.2 Å². The van der Waals surface area contributed by atoms with Crippen molar-refractivity contribution in [3.8, 4) is 0 Å². The SMILES string of the molecule is CCC=C(C)C(=O)Nc1cccc(C)c1C(=O)O. The molecule has 0 aliphatic rings. The molecule has 0 aromatic heterocycles. The van der Waals surface area contributed by atoms with Gasteiger partial charge in [-0.15, -0.1) is 0 Å². The van der Waals surface area contributed by atoms with Crippen LogP contribution in [0.25, 0.3) is 0 Å². The maximum atomic E-state index is 11.8. The third kappa shape index (κ3) is 3.20. The van der Waals surface area contributed by atoms with Crippen molar-refractivity contribution >= 4 is 17.6 Å². The number of carbonyl (C=O) groups excluding carboxylic acids is 1. The van der Waals surface area contributed by atoms with E-state index in [-0.39, 0.29) is 11.5 Å². The van der Waals surface area contributed by atoms with Crippen LogP contribution in [-0.4, -0.2) is 17.0 Å². The van der Waals surface area contributed by atoms with Crippen LogP contribution in [0.3, 0.4) is 0 Å². The highest BCUT2D eigenvalue weighted by Gasteiger charge is 2.15. The summed E-state index contributed by atoms with van der Waals surface area (Å²) in [6.07, 6.45) is 2.56. The van der Waals surface area contributed by atoms with Crippen molar-refractivity contribution in [2.45, 2.75) is 27.2 Å². The van der Waals surface area contributed by atoms with E-state index in [4.69, 9.17) is 5.11 Å². The number of hydrogen-bond acceptors (Lipinski definition) is 2. The van der Waals surface area contributed by atoms with Gasteiger partial charge in [0, 0.05) is 5.57 Å². The summed E-state index contributed by atoms with van der Waals surface area (Å²) in [4.78, 5) is 23.0. The first-order chi connectivity index (χ1) is 8.47. The lowest BCUT2D eigenvalue weighted by Gasteiger charge is -2.10. The third-order valence-corrected chi connectivity index (χ3v) is 2.60. The molecule has 4 nitrogen and oxygen atoms in total. The molecular weight excluding hydrogens is 230 g/mol. The lowest BCUT2D eigenvalue weighted by Crippen LogP contribution is -2.16. The van der Waals surface area contributed by atoms with E-state index >= 15 is 0 Å². The largest absolute Gasteiger partial charge is 0.478 e. The number of nitrogens with one attached hydrogen (secondary N) is 1. The fraction of sp³-hybridized carbons (Fsp3) is 0.286. The summed E-state index contributed by atoms with van der Waals surface area (Å²) in [5.74, 6) is -1.31. The van der Waals surface area contributed by atoms with Gasteiger partial charge < -0.3 is 10.4 Å². The van der Waals surface area contributed by atoms with Gasteiger partial charge in [0.25, 0.3) is 5.91 Å². The summed E-state index contributed by atoms with van der Waals surface area (Å²) in [5.41, 5.74) is 1.67. The van der Waals surface area contributed by atoms with Crippen LogP contribution in [-0.2, 0) is 4.79 Å². The first-order valence-electron chi connectivity index (χ1n) is 5.78. The number of carbonyl (C=O) groups is 2. The highest BCUT2D eigenvalue weighted by atomic mass is 16.4. The topological polar surface area (TPSA) is 66.4 Å². The molecule has 0 saturated heterocycles. The predicted octanol–water partition coefficient (Wildman–Crippen LogP) is 2.99. The molecule has 0 heterocycles. The molecule has 96 valence electrons. The second-order valence-electron chi connectivity index (χ2n) is 4.05. The number of hydrogen-bond donors (Lipinski definition) is 2. The molecule has 2 N–H and O–H groups in total. The number of carboxylic acids is 1. The molecule has 0 atom stereocenters. The molecule has 18 heavy (non-hydrogen) atoms. The van der Waals surface area contributed by atoms with E-state index in [2.05, 4.69) is 5.32 Å². The quantitative estimate of drug-likeness (QED) is 0.804. The Labute approximate surface area is 106 Å².